The molecule has 19 heavy (non-hydrogen) atoms. The molecule has 0 atom stereocenters. The van der Waals surface area contributed by atoms with Gasteiger partial charge in [-0.05, 0) is 18.6 Å². The van der Waals surface area contributed by atoms with Gasteiger partial charge < -0.3 is 9.84 Å². The summed E-state index contributed by atoms with van der Waals surface area (Å²) in [5.41, 5.74) is 0. The van der Waals surface area contributed by atoms with Crippen molar-refractivity contribution in [3.63, 3.8) is 0 Å². The van der Waals surface area contributed by atoms with Gasteiger partial charge in [0.1, 0.15) is 0 Å². The number of hydrogen-bond acceptors (Lipinski definition) is 4. The molecule has 0 saturated carbocycles. The van der Waals surface area contributed by atoms with Crippen LogP contribution in [0.15, 0.2) is 0 Å². The van der Waals surface area contributed by atoms with Gasteiger partial charge in [0.2, 0.25) is 0 Å². The number of unbranched alkanes of at least 4 members (excludes halogenated alkanes) is 8. The van der Waals surface area contributed by atoms with Gasteiger partial charge in [-0.25, -0.2) is 0 Å². The van der Waals surface area contributed by atoms with Crippen molar-refractivity contribution in [3.05, 3.63) is 0 Å². The number of methoxy groups -OCH3 is 1. The second kappa shape index (κ2) is 15.8. The summed E-state index contributed by atoms with van der Waals surface area (Å²) in [5, 5.41) is 8.64. The topological polar surface area (TPSA) is 46.5 Å². The fourth-order valence-electron chi connectivity index (χ4n) is 1.91. The minimum Gasteiger partial charge on any atom is -0.469 e. The number of carbonyl (C=O) groups excluding carboxylic acids is 1. The predicted molar refractivity (Wildman–Crippen MR) is 82.6 cm³/mol. The number of rotatable bonds is 14. The first-order valence-corrected chi connectivity index (χ1v) is 8.72. The molecule has 0 aliphatic heterocycles. The summed E-state index contributed by atoms with van der Waals surface area (Å²) in [5.74, 6) is 1.94. The van der Waals surface area contributed by atoms with Crippen LogP contribution in [-0.4, -0.2) is 36.3 Å². The Labute approximate surface area is 122 Å². The number of aliphatic hydroxyl groups excluding tert-OH is 1. The second-order valence-corrected chi connectivity index (χ2v) is 6.07. The molecule has 0 aromatic rings. The van der Waals surface area contributed by atoms with Crippen LogP contribution in [0.3, 0.4) is 0 Å². The van der Waals surface area contributed by atoms with Gasteiger partial charge >= 0.3 is 5.97 Å². The van der Waals surface area contributed by atoms with Crippen molar-refractivity contribution in [1.82, 2.24) is 0 Å². The number of esters is 1. The Bertz CT molecular complexity index is 198. The largest absolute Gasteiger partial charge is 0.469 e. The Balaban J connectivity index is 2.97. The number of carbonyl (C=O) groups is 1. The van der Waals surface area contributed by atoms with Gasteiger partial charge in [-0.2, -0.15) is 11.8 Å². The zero-order valence-electron chi connectivity index (χ0n) is 12.4. The van der Waals surface area contributed by atoms with Crippen molar-refractivity contribution in [2.75, 3.05) is 25.2 Å². The normalized spacial score (nSPS) is 10.6. The van der Waals surface area contributed by atoms with Crippen molar-refractivity contribution in [1.29, 1.82) is 0 Å². The van der Waals surface area contributed by atoms with Crippen molar-refractivity contribution in [2.24, 2.45) is 0 Å². The van der Waals surface area contributed by atoms with E-state index in [0.717, 1.165) is 17.9 Å². The minimum absolute atomic E-state index is 0.103. The van der Waals surface area contributed by atoms with Gasteiger partial charge in [-0.1, -0.05) is 44.9 Å². The lowest BCUT2D eigenvalue weighted by molar-refractivity contribution is -0.140. The lowest BCUT2D eigenvalue weighted by atomic mass is 10.1. The lowest BCUT2D eigenvalue weighted by Crippen LogP contribution is -2.01. The minimum atomic E-state index is -0.103. The Hall–Kier alpha value is -0.220. The van der Waals surface area contributed by atoms with Gasteiger partial charge in [0, 0.05) is 12.4 Å². The fourth-order valence-corrected chi connectivity index (χ4v) is 2.84. The highest BCUT2D eigenvalue weighted by molar-refractivity contribution is 7.99. The van der Waals surface area contributed by atoms with Crippen molar-refractivity contribution >= 4 is 17.7 Å². The van der Waals surface area contributed by atoms with E-state index >= 15 is 0 Å². The smallest absolute Gasteiger partial charge is 0.306 e. The number of ether oxygens (including phenoxy) is 1. The molecule has 0 saturated heterocycles. The molecular weight excluding hydrogens is 260 g/mol. The van der Waals surface area contributed by atoms with Gasteiger partial charge in [0.25, 0.3) is 0 Å². The van der Waals surface area contributed by atoms with Gasteiger partial charge in [-0.15, -0.1) is 0 Å². The lowest BCUT2D eigenvalue weighted by Gasteiger charge is -2.02. The first kappa shape index (κ1) is 18.8. The van der Waals surface area contributed by atoms with Crippen molar-refractivity contribution in [3.8, 4) is 0 Å². The molecule has 3 nitrogen and oxygen atoms in total. The SMILES string of the molecule is COC(=O)CCSCCCCCCCCCCCO. The Kier molecular flexibility index (Phi) is 15.7. The highest BCUT2D eigenvalue weighted by Crippen LogP contribution is 2.12. The molecule has 0 radical (unpaired) electrons. The van der Waals surface area contributed by atoms with Gasteiger partial charge in [0.15, 0.2) is 0 Å². The third-order valence-electron chi connectivity index (χ3n) is 3.12. The van der Waals surface area contributed by atoms with E-state index in [1.54, 1.807) is 0 Å². The van der Waals surface area contributed by atoms with E-state index in [-0.39, 0.29) is 5.97 Å². The Morgan fingerprint density at radius 2 is 1.42 bits per heavy atom. The molecular formula is C15H30O3S. The van der Waals surface area contributed by atoms with Crippen LogP contribution in [0.5, 0.6) is 0 Å². The molecule has 0 aliphatic carbocycles. The standard InChI is InChI=1S/C15H30O3S/c1-18-15(17)11-14-19-13-10-8-6-4-2-3-5-7-9-12-16/h16H,2-14H2,1H3. The average molecular weight is 290 g/mol. The van der Waals surface area contributed by atoms with E-state index < -0.39 is 0 Å². The maximum absolute atomic E-state index is 10.9. The first-order valence-electron chi connectivity index (χ1n) is 7.56. The van der Waals surface area contributed by atoms with Crippen molar-refractivity contribution < 1.29 is 14.6 Å². The van der Waals surface area contributed by atoms with Crippen LogP contribution >= 0.6 is 11.8 Å². The van der Waals surface area contributed by atoms with E-state index in [1.807, 2.05) is 11.8 Å². The third-order valence-corrected chi connectivity index (χ3v) is 4.20. The molecule has 0 bridgehead atoms. The van der Waals surface area contributed by atoms with E-state index in [1.165, 1.54) is 58.5 Å². The van der Waals surface area contributed by atoms with Crippen LogP contribution in [-0.2, 0) is 9.53 Å². The molecule has 0 aromatic heterocycles. The van der Waals surface area contributed by atoms with Gasteiger partial charge in [-0.3, -0.25) is 4.79 Å². The summed E-state index contributed by atoms with van der Waals surface area (Å²) >= 11 is 1.85. The summed E-state index contributed by atoms with van der Waals surface area (Å²) in [6, 6.07) is 0. The average Bonchev–Trinajstić information content (AvgIpc) is 2.43. The molecule has 0 heterocycles. The molecule has 1 N–H and O–H groups in total. The van der Waals surface area contributed by atoms with E-state index in [9.17, 15) is 4.79 Å². The molecule has 0 aromatic carbocycles. The molecule has 0 spiro atoms. The maximum atomic E-state index is 10.9. The first-order chi connectivity index (χ1) is 9.31. The van der Waals surface area contributed by atoms with E-state index in [2.05, 4.69) is 4.74 Å². The predicted octanol–water partition coefficient (Wildman–Crippen LogP) is 3.79. The van der Waals surface area contributed by atoms with Crippen LogP contribution in [0.4, 0.5) is 0 Å². The van der Waals surface area contributed by atoms with Crippen LogP contribution in [0.25, 0.3) is 0 Å². The fraction of sp³-hybridized carbons (Fsp3) is 0.933. The molecule has 4 heteroatoms. The summed E-state index contributed by atoms with van der Waals surface area (Å²) in [6.45, 7) is 0.341. The summed E-state index contributed by atoms with van der Waals surface area (Å²) in [4.78, 5) is 10.9. The monoisotopic (exact) mass is 290 g/mol. The second-order valence-electron chi connectivity index (χ2n) is 4.84. The van der Waals surface area contributed by atoms with Crippen LogP contribution < -0.4 is 0 Å². The molecule has 0 fully saturated rings. The van der Waals surface area contributed by atoms with Gasteiger partial charge in [0.05, 0.1) is 13.5 Å². The highest BCUT2D eigenvalue weighted by atomic mass is 32.2. The number of thioether (sulfide) groups is 1. The summed E-state index contributed by atoms with van der Waals surface area (Å²) < 4.78 is 4.59. The zero-order valence-corrected chi connectivity index (χ0v) is 13.2. The zero-order chi connectivity index (χ0) is 14.2. The number of aliphatic hydroxyl groups is 1. The van der Waals surface area contributed by atoms with Crippen LogP contribution in [0, 0.1) is 0 Å². The number of hydrogen-bond donors (Lipinski definition) is 1. The highest BCUT2D eigenvalue weighted by Gasteiger charge is 1.99. The maximum Gasteiger partial charge on any atom is 0.306 e. The summed E-state index contributed by atoms with van der Waals surface area (Å²) in [6.07, 6.45) is 11.8. The molecule has 0 rings (SSSR count). The van der Waals surface area contributed by atoms with E-state index in [0.29, 0.717) is 13.0 Å². The third kappa shape index (κ3) is 15.7. The Morgan fingerprint density at radius 1 is 0.895 bits per heavy atom. The Morgan fingerprint density at radius 3 is 1.95 bits per heavy atom. The van der Waals surface area contributed by atoms with E-state index in [4.69, 9.17) is 5.11 Å². The van der Waals surface area contributed by atoms with Crippen molar-refractivity contribution in [2.45, 2.75) is 64.2 Å². The quantitative estimate of drug-likeness (QED) is 0.390. The molecule has 114 valence electrons. The van der Waals surface area contributed by atoms with Crippen LogP contribution in [0.2, 0.25) is 0 Å². The van der Waals surface area contributed by atoms with Crippen LogP contribution in [0.1, 0.15) is 64.2 Å². The molecule has 0 aliphatic rings. The molecule has 0 unspecified atom stereocenters. The molecule has 0 amide bonds. The summed E-state index contributed by atoms with van der Waals surface area (Å²) in [7, 11) is 1.44.